The largest absolute Gasteiger partial charge is 0.486 e. The van der Waals surface area contributed by atoms with Crippen LogP contribution >= 0.6 is 11.6 Å². The van der Waals surface area contributed by atoms with E-state index in [0.29, 0.717) is 21.9 Å². The van der Waals surface area contributed by atoms with E-state index in [2.05, 4.69) is 32.0 Å². The number of aliphatic imine (C=N–C) groups is 2. The van der Waals surface area contributed by atoms with E-state index in [1.165, 1.54) is 7.11 Å². The van der Waals surface area contributed by atoms with E-state index in [0.717, 1.165) is 11.1 Å². The molecule has 0 amide bonds. The van der Waals surface area contributed by atoms with Gasteiger partial charge in [-0.05, 0) is 37.9 Å². The number of halogens is 1. The summed E-state index contributed by atoms with van der Waals surface area (Å²) in [5.74, 6) is 0.649. The van der Waals surface area contributed by atoms with Gasteiger partial charge in [-0.15, -0.1) is 0 Å². The predicted octanol–water partition coefficient (Wildman–Crippen LogP) is 3.70. The highest BCUT2D eigenvalue weighted by Crippen LogP contribution is 2.29. The first-order chi connectivity index (χ1) is 15.9. The van der Waals surface area contributed by atoms with Crippen molar-refractivity contribution < 1.29 is 9.47 Å². The molecule has 0 saturated carbocycles. The van der Waals surface area contributed by atoms with E-state index >= 15 is 0 Å². The summed E-state index contributed by atoms with van der Waals surface area (Å²) in [5.41, 5.74) is 1.74. The first kappa shape index (κ1) is 23.5. The summed E-state index contributed by atoms with van der Waals surface area (Å²) in [6, 6.07) is 12.6. The standard InChI is InChI=1S/C23H21ClN6O3/c1-14(11-25)22(32-3)30-23(26-2)28-12-16-8-15-9-18(24)20(10-19(15)29-21(16)31)33-13-17-6-4-5-7-27-17/h4-10H,2,12-13H2,1,3H3,(H,28,30)(H,29,31)/b22-14-. The topological polar surface area (TPSA) is 125 Å². The van der Waals surface area contributed by atoms with Crippen LogP contribution in [0.3, 0.4) is 0 Å². The molecule has 3 aromatic rings. The lowest BCUT2D eigenvalue weighted by Gasteiger charge is -2.11. The van der Waals surface area contributed by atoms with E-state index in [-0.39, 0.29) is 36.1 Å². The molecule has 3 rings (SSSR count). The van der Waals surface area contributed by atoms with Gasteiger partial charge >= 0.3 is 0 Å². The quantitative estimate of drug-likeness (QED) is 0.238. The molecule has 2 N–H and O–H groups in total. The Hall–Kier alpha value is -4.16. The van der Waals surface area contributed by atoms with Gasteiger partial charge in [0.25, 0.3) is 5.56 Å². The molecule has 0 atom stereocenters. The third-order valence-corrected chi connectivity index (χ3v) is 4.85. The molecule has 0 bridgehead atoms. The zero-order valence-electron chi connectivity index (χ0n) is 18.1. The molecule has 0 fully saturated rings. The van der Waals surface area contributed by atoms with Gasteiger partial charge in [-0.1, -0.05) is 17.7 Å². The number of H-pyrrole nitrogens is 1. The number of aromatic nitrogens is 2. The van der Waals surface area contributed by atoms with Gasteiger partial charge in [-0.3, -0.25) is 9.78 Å². The normalized spacial score (nSPS) is 12.0. The zero-order chi connectivity index (χ0) is 23.8. The van der Waals surface area contributed by atoms with Crippen LogP contribution in [-0.2, 0) is 17.9 Å². The van der Waals surface area contributed by atoms with Crippen LogP contribution in [0.5, 0.6) is 5.75 Å². The molecule has 2 aromatic heterocycles. The monoisotopic (exact) mass is 464 g/mol. The molecule has 2 heterocycles. The van der Waals surface area contributed by atoms with Crippen LogP contribution in [0.25, 0.3) is 10.9 Å². The SMILES string of the molecule is C=N/C(=N\C(OC)=C(/C)C#N)NCc1cc2cc(Cl)c(OCc3ccccn3)cc2[nH]c1=O. The number of guanidine groups is 1. The van der Waals surface area contributed by atoms with Crippen LogP contribution in [-0.4, -0.2) is 29.8 Å². The van der Waals surface area contributed by atoms with Crippen LogP contribution in [0.2, 0.25) is 5.02 Å². The average Bonchev–Trinajstić information content (AvgIpc) is 2.83. The van der Waals surface area contributed by atoms with E-state index in [1.807, 2.05) is 24.3 Å². The maximum Gasteiger partial charge on any atom is 0.253 e. The molecule has 168 valence electrons. The smallest absolute Gasteiger partial charge is 0.253 e. The number of benzene rings is 1. The summed E-state index contributed by atoms with van der Waals surface area (Å²) < 4.78 is 10.9. The number of rotatable bonds is 7. The number of nitrogens with zero attached hydrogens (tertiary/aromatic N) is 4. The molecular weight excluding hydrogens is 444 g/mol. The zero-order valence-corrected chi connectivity index (χ0v) is 18.8. The van der Waals surface area contributed by atoms with E-state index in [9.17, 15) is 4.79 Å². The van der Waals surface area contributed by atoms with Gasteiger partial charge in [0.1, 0.15) is 18.4 Å². The van der Waals surface area contributed by atoms with Crippen LogP contribution in [0.1, 0.15) is 18.2 Å². The van der Waals surface area contributed by atoms with Crippen molar-refractivity contribution in [3.8, 4) is 11.8 Å². The third kappa shape index (κ3) is 5.96. The maximum absolute atomic E-state index is 12.6. The Bertz CT molecular complexity index is 1330. The second-order valence-electron chi connectivity index (χ2n) is 6.80. The van der Waals surface area contributed by atoms with Crippen molar-refractivity contribution in [1.29, 1.82) is 5.26 Å². The van der Waals surface area contributed by atoms with Crippen LogP contribution in [0.15, 0.2) is 68.8 Å². The average molecular weight is 465 g/mol. The summed E-state index contributed by atoms with van der Waals surface area (Å²) in [6.07, 6.45) is 1.68. The van der Waals surface area contributed by atoms with Crippen LogP contribution in [0.4, 0.5) is 0 Å². The molecule has 0 saturated heterocycles. The van der Waals surface area contributed by atoms with Crippen molar-refractivity contribution in [1.82, 2.24) is 15.3 Å². The lowest BCUT2D eigenvalue weighted by Crippen LogP contribution is -2.25. The Labute approximate surface area is 195 Å². The summed E-state index contributed by atoms with van der Waals surface area (Å²) in [4.78, 5) is 27.5. The van der Waals surface area contributed by atoms with Crippen molar-refractivity contribution in [3.63, 3.8) is 0 Å². The lowest BCUT2D eigenvalue weighted by atomic mass is 10.1. The number of ether oxygens (including phenoxy) is 2. The van der Waals surface area contributed by atoms with E-state index < -0.39 is 0 Å². The second-order valence-corrected chi connectivity index (χ2v) is 7.20. The number of aromatic amines is 1. The van der Waals surface area contributed by atoms with E-state index in [1.54, 1.807) is 31.3 Å². The minimum Gasteiger partial charge on any atom is -0.486 e. The van der Waals surface area contributed by atoms with Gasteiger partial charge in [0.15, 0.2) is 0 Å². The van der Waals surface area contributed by atoms with Gasteiger partial charge in [0.05, 0.1) is 28.9 Å². The molecule has 0 aliphatic heterocycles. The van der Waals surface area contributed by atoms with Crippen molar-refractivity contribution in [3.05, 3.63) is 80.7 Å². The Morgan fingerprint density at radius 3 is 2.85 bits per heavy atom. The molecule has 0 radical (unpaired) electrons. The number of fused-ring (bicyclic) bond motifs is 1. The van der Waals surface area contributed by atoms with Crippen molar-refractivity contribution in [2.45, 2.75) is 20.1 Å². The number of allylic oxidation sites excluding steroid dienone is 1. The van der Waals surface area contributed by atoms with E-state index in [4.69, 9.17) is 26.3 Å². The molecular formula is C23H21ClN6O3. The summed E-state index contributed by atoms with van der Waals surface area (Å²) in [6.45, 7) is 5.38. The fourth-order valence-electron chi connectivity index (χ4n) is 2.86. The molecule has 0 spiro atoms. The second kappa shape index (κ2) is 10.9. The molecule has 9 nitrogen and oxygen atoms in total. The highest BCUT2D eigenvalue weighted by Gasteiger charge is 2.10. The Balaban J connectivity index is 1.81. The summed E-state index contributed by atoms with van der Waals surface area (Å²) in [5, 5.41) is 13.1. The Kier molecular flexibility index (Phi) is 7.78. The Morgan fingerprint density at radius 1 is 1.36 bits per heavy atom. The summed E-state index contributed by atoms with van der Waals surface area (Å²) in [7, 11) is 1.40. The number of hydrogen-bond acceptors (Lipinski definition) is 6. The highest BCUT2D eigenvalue weighted by molar-refractivity contribution is 6.32. The number of pyridine rings is 2. The lowest BCUT2D eigenvalue weighted by molar-refractivity contribution is 0.285. The fourth-order valence-corrected chi connectivity index (χ4v) is 3.09. The number of nitriles is 1. The molecule has 0 aliphatic rings. The highest BCUT2D eigenvalue weighted by atomic mass is 35.5. The van der Waals surface area contributed by atoms with Gasteiger partial charge < -0.3 is 19.8 Å². The number of hydrogen-bond donors (Lipinski definition) is 2. The van der Waals surface area contributed by atoms with Crippen molar-refractivity contribution in [2.24, 2.45) is 9.98 Å². The maximum atomic E-state index is 12.6. The number of methoxy groups -OCH3 is 1. The molecule has 33 heavy (non-hydrogen) atoms. The molecule has 0 aliphatic carbocycles. The van der Waals surface area contributed by atoms with Gasteiger partial charge in [-0.2, -0.15) is 10.3 Å². The van der Waals surface area contributed by atoms with Crippen LogP contribution in [0, 0.1) is 11.3 Å². The fraction of sp³-hybridized carbons (Fsp3) is 0.174. The first-order valence-electron chi connectivity index (χ1n) is 9.77. The molecule has 10 heteroatoms. The molecule has 1 aromatic carbocycles. The Morgan fingerprint density at radius 2 is 2.18 bits per heavy atom. The number of nitrogens with one attached hydrogen (secondary N) is 2. The first-order valence-corrected chi connectivity index (χ1v) is 10.2. The third-order valence-electron chi connectivity index (χ3n) is 4.55. The van der Waals surface area contributed by atoms with Gasteiger partial charge in [-0.25, -0.2) is 4.99 Å². The minimum atomic E-state index is -0.299. The molecule has 0 unspecified atom stereocenters. The van der Waals surface area contributed by atoms with Crippen molar-refractivity contribution >= 4 is 35.2 Å². The minimum absolute atomic E-state index is 0.102. The summed E-state index contributed by atoms with van der Waals surface area (Å²) >= 11 is 6.39. The van der Waals surface area contributed by atoms with Gasteiger partial charge in [0.2, 0.25) is 11.8 Å². The van der Waals surface area contributed by atoms with Crippen molar-refractivity contribution in [2.75, 3.05) is 7.11 Å². The predicted molar refractivity (Wildman–Crippen MR) is 127 cm³/mol. The van der Waals surface area contributed by atoms with Crippen LogP contribution < -0.4 is 15.6 Å². The van der Waals surface area contributed by atoms with Gasteiger partial charge in [0, 0.05) is 29.8 Å².